The molecular formula is C11H15BrN2O3S. The van der Waals surface area contributed by atoms with Gasteiger partial charge in [0.15, 0.2) is 3.92 Å². The maximum Gasteiger partial charge on any atom is 0.410 e. The highest BCUT2D eigenvalue weighted by Crippen LogP contribution is 2.24. The lowest BCUT2D eigenvalue weighted by molar-refractivity contribution is -0.112. The van der Waals surface area contributed by atoms with E-state index in [9.17, 15) is 9.59 Å². The highest BCUT2D eigenvalue weighted by Gasteiger charge is 2.27. The maximum absolute atomic E-state index is 11.8. The van der Waals surface area contributed by atoms with Crippen LogP contribution in [0.15, 0.2) is 9.30 Å². The Kier molecular flexibility index (Phi) is 4.86. The lowest BCUT2D eigenvalue weighted by atomic mass is 10.2. The number of hydrogen-bond donors (Lipinski definition) is 0. The molecule has 1 unspecified atom stereocenters. The minimum absolute atomic E-state index is 0.523. The van der Waals surface area contributed by atoms with Crippen LogP contribution in [0, 0.1) is 0 Å². The van der Waals surface area contributed by atoms with E-state index in [4.69, 9.17) is 4.74 Å². The summed E-state index contributed by atoms with van der Waals surface area (Å²) in [5, 5.41) is 1.73. The summed E-state index contributed by atoms with van der Waals surface area (Å²) < 4.78 is 5.87. The molecule has 1 aromatic heterocycles. The van der Waals surface area contributed by atoms with Gasteiger partial charge in [-0.25, -0.2) is 9.78 Å². The van der Waals surface area contributed by atoms with E-state index in [1.165, 1.54) is 23.3 Å². The lowest BCUT2D eigenvalue weighted by Crippen LogP contribution is -2.37. The van der Waals surface area contributed by atoms with Crippen molar-refractivity contribution >= 4 is 39.6 Å². The van der Waals surface area contributed by atoms with Crippen molar-refractivity contribution in [3.8, 4) is 0 Å². The molecule has 0 spiro atoms. The molecule has 0 aliphatic rings. The average molecular weight is 335 g/mol. The second-order valence-corrected chi connectivity index (χ2v) is 6.83. The smallest absolute Gasteiger partial charge is 0.410 e. The van der Waals surface area contributed by atoms with Crippen molar-refractivity contribution < 1.29 is 14.3 Å². The number of aldehydes is 1. The van der Waals surface area contributed by atoms with Gasteiger partial charge in [0.25, 0.3) is 0 Å². The van der Waals surface area contributed by atoms with E-state index in [-0.39, 0.29) is 0 Å². The molecule has 1 rings (SSSR count). The first-order valence-electron chi connectivity index (χ1n) is 5.26. The number of halogens is 1. The van der Waals surface area contributed by atoms with Crippen LogP contribution in [0.3, 0.4) is 0 Å². The molecule has 1 heterocycles. The largest absolute Gasteiger partial charge is 0.444 e. The molecule has 7 heteroatoms. The summed E-state index contributed by atoms with van der Waals surface area (Å²) in [5.74, 6) is 0. The monoisotopic (exact) mass is 334 g/mol. The summed E-state index contributed by atoms with van der Waals surface area (Å²) in [6.45, 7) is 5.32. The van der Waals surface area contributed by atoms with Crippen molar-refractivity contribution in [3.05, 3.63) is 15.0 Å². The molecule has 0 fully saturated rings. The fourth-order valence-corrected chi connectivity index (χ4v) is 2.26. The number of carbonyl (C=O) groups is 2. The van der Waals surface area contributed by atoms with Crippen molar-refractivity contribution in [2.24, 2.45) is 0 Å². The normalized spacial score (nSPS) is 12.9. The molecule has 18 heavy (non-hydrogen) atoms. The van der Waals surface area contributed by atoms with Crippen molar-refractivity contribution in [2.75, 3.05) is 7.05 Å². The number of thiazole rings is 1. The Morgan fingerprint density at radius 1 is 1.61 bits per heavy atom. The van der Waals surface area contributed by atoms with E-state index in [2.05, 4.69) is 20.9 Å². The zero-order valence-electron chi connectivity index (χ0n) is 10.6. The fraction of sp³-hybridized carbons (Fsp3) is 0.545. The zero-order chi connectivity index (χ0) is 13.9. The number of hydrogen-bond acceptors (Lipinski definition) is 5. The summed E-state index contributed by atoms with van der Waals surface area (Å²) in [7, 11) is 1.51. The van der Waals surface area contributed by atoms with Crippen LogP contribution in [0.5, 0.6) is 0 Å². The Bertz CT molecular complexity index is 442. The highest BCUT2D eigenvalue weighted by molar-refractivity contribution is 9.11. The number of carbonyl (C=O) groups excluding carboxylic acids is 2. The highest BCUT2D eigenvalue weighted by atomic mass is 79.9. The minimum Gasteiger partial charge on any atom is -0.444 e. The maximum atomic E-state index is 11.8. The Morgan fingerprint density at radius 2 is 2.22 bits per heavy atom. The molecule has 5 nitrogen and oxygen atoms in total. The predicted molar refractivity (Wildman–Crippen MR) is 72.6 cm³/mol. The van der Waals surface area contributed by atoms with Crippen LogP contribution in [0.25, 0.3) is 0 Å². The number of likely N-dealkylation sites (N-methyl/N-ethyl adjacent to an activating group) is 1. The average Bonchev–Trinajstić information content (AvgIpc) is 2.63. The number of aromatic nitrogens is 1. The quantitative estimate of drug-likeness (QED) is 0.797. The Labute approximate surface area is 118 Å². The summed E-state index contributed by atoms with van der Waals surface area (Å²) in [4.78, 5) is 28.3. The number of ether oxygens (including phenoxy) is 1. The van der Waals surface area contributed by atoms with E-state index < -0.39 is 17.7 Å². The molecule has 0 saturated heterocycles. The van der Waals surface area contributed by atoms with E-state index in [1.54, 1.807) is 26.2 Å². The predicted octanol–water partition coefficient (Wildman–Crippen LogP) is 3.01. The van der Waals surface area contributed by atoms with Crippen LogP contribution in [0.2, 0.25) is 0 Å². The first-order chi connectivity index (χ1) is 8.24. The topological polar surface area (TPSA) is 59.5 Å². The van der Waals surface area contributed by atoms with Gasteiger partial charge >= 0.3 is 6.09 Å². The van der Waals surface area contributed by atoms with Gasteiger partial charge in [0.05, 0.1) is 5.69 Å². The van der Waals surface area contributed by atoms with Crippen molar-refractivity contribution in [1.29, 1.82) is 0 Å². The third kappa shape index (κ3) is 4.06. The zero-order valence-corrected chi connectivity index (χ0v) is 13.0. The molecule has 0 N–H and O–H groups in total. The molecular weight excluding hydrogens is 320 g/mol. The van der Waals surface area contributed by atoms with Gasteiger partial charge < -0.3 is 9.53 Å². The Hall–Kier alpha value is -0.950. The molecule has 0 aromatic carbocycles. The minimum atomic E-state index is -0.734. The fourth-order valence-electron chi connectivity index (χ4n) is 1.21. The number of rotatable bonds is 3. The standard InChI is InChI=1S/C11H15BrN2O3S/c1-11(2,3)17-10(16)14(4)8(5-15)7-6-18-9(12)13-7/h5-6,8H,1-4H3. The number of amides is 1. The Balaban J connectivity index is 2.83. The first kappa shape index (κ1) is 15.1. The molecule has 0 bridgehead atoms. The lowest BCUT2D eigenvalue weighted by Gasteiger charge is -2.27. The second kappa shape index (κ2) is 5.79. The third-order valence-electron chi connectivity index (χ3n) is 2.02. The van der Waals surface area contributed by atoms with Gasteiger partial charge in [-0.2, -0.15) is 0 Å². The first-order valence-corrected chi connectivity index (χ1v) is 6.94. The summed E-state index contributed by atoms with van der Waals surface area (Å²) >= 11 is 4.58. The van der Waals surface area contributed by atoms with Gasteiger partial charge in [0.2, 0.25) is 0 Å². The molecule has 0 saturated carbocycles. The van der Waals surface area contributed by atoms with Gasteiger partial charge in [0.1, 0.15) is 17.9 Å². The van der Waals surface area contributed by atoms with Gasteiger partial charge in [-0.1, -0.05) is 0 Å². The van der Waals surface area contributed by atoms with Crippen LogP contribution < -0.4 is 0 Å². The molecule has 0 aliphatic carbocycles. The summed E-state index contributed by atoms with van der Waals surface area (Å²) in [6.07, 6.45) is 0.120. The molecule has 100 valence electrons. The van der Waals surface area contributed by atoms with Gasteiger partial charge in [0, 0.05) is 12.4 Å². The summed E-state index contributed by atoms with van der Waals surface area (Å²) in [5.41, 5.74) is -0.0724. The van der Waals surface area contributed by atoms with Gasteiger partial charge in [-0.15, -0.1) is 11.3 Å². The Morgan fingerprint density at radius 3 is 2.61 bits per heavy atom. The molecule has 0 aliphatic heterocycles. The number of nitrogens with zero attached hydrogens (tertiary/aromatic N) is 2. The molecule has 1 amide bonds. The van der Waals surface area contributed by atoms with Crippen LogP contribution in [0.1, 0.15) is 32.5 Å². The van der Waals surface area contributed by atoms with Crippen LogP contribution in [-0.4, -0.2) is 34.9 Å². The van der Waals surface area contributed by atoms with E-state index in [0.29, 0.717) is 15.9 Å². The van der Waals surface area contributed by atoms with Crippen LogP contribution in [-0.2, 0) is 9.53 Å². The molecule has 0 radical (unpaired) electrons. The van der Waals surface area contributed by atoms with Crippen molar-refractivity contribution in [3.63, 3.8) is 0 Å². The molecule has 1 aromatic rings. The SMILES string of the molecule is CN(C(=O)OC(C)(C)C)C(C=O)c1csc(Br)n1. The third-order valence-corrected chi connectivity index (χ3v) is 3.41. The van der Waals surface area contributed by atoms with Crippen LogP contribution >= 0.6 is 27.3 Å². The van der Waals surface area contributed by atoms with Gasteiger partial charge in [-0.3, -0.25) is 4.90 Å². The van der Waals surface area contributed by atoms with Crippen molar-refractivity contribution in [2.45, 2.75) is 32.4 Å². The van der Waals surface area contributed by atoms with Gasteiger partial charge in [-0.05, 0) is 36.7 Å². The van der Waals surface area contributed by atoms with Crippen molar-refractivity contribution in [1.82, 2.24) is 9.88 Å². The van der Waals surface area contributed by atoms with E-state index >= 15 is 0 Å². The second-order valence-electron chi connectivity index (χ2n) is 4.70. The van der Waals surface area contributed by atoms with E-state index in [1.807, 2.05) is 0 Å². The summed E-state index contributed by atoms with van der Waals surface area (Å²) in [6, 6.07) is -0.734. The molecule has 1 atom stereocenters. The van der Waals surface area contributed by atoms with Crippen LogP contribution in [0.4, 0.5) is 4.79 Å². The van der Waals surface area contributed by atoms with E-state index in [0.717, 1.165) is 0 Å².